The molecule has 0 aliphatic heterocycles. The zero-order valence-electron chi connectivity index (χ0n) is 6.47. The van der Waals surface area contributed by atoms with Gasteiger partial charge in [0.25, 0.3) is 0 Å². The van der Waals surface area contributed by atoms with E-state index < -0.39 is 11.6 Å². The zero-order valence-corrected chi connectivity index (χ0v) is 7.29. The maximum absolute atomic E-state index is 12.6. The number of halogens is 2. The molecule has 1 rings (SSSR count). The summed E-state index contributed by atoms with van der Waals surface area (Å²) in [5.74, 6) is 3.60. The number of hydrogen-bond acceptors (Lipinski definition) is 2. The van der Waals surface area contributed by atoms with Gasteiger partial charge in [-0.25, -0.2) is 14.6 Å². The first-order valence-corrected chi connectivity index (χ1v) is 3.76. The smallest absolute Gasteiger partial charge is 0.185 e. The summed E-state index contributed by atoms with van der Waals surface area (Å²) in [5, 5.41) is 2.58. The van der Waals surface area contributed by atoms with Gasteiger partial charge in [0, 0.05) is 11.8 Å². The van der Waals surface area contributed by atoms with Gasteiger partial charge in [0.15, 0.2) is 5.11 Å². The number of nitrogens with two attached hydrogens (primary N) is 1. The Balaban J connectivity index is 2.83. The van der Waals surface area contributed by atoms with E-state index in [4.69, 9.17) is 5.84 Å². The van der Waals surface area contributed by atoms with Crippen LogP contribution in [0.25, 0.3) is 0 Å². The van der Waals surface area contributed by atoms with Gasteiger partial charge in [0.1, 0.15) is 11.6 Å². The van der Waals surface area contributed by atoms with E-state index in [2.05, 4.69) is 23.0 Å². The second kappa shape index (κ2) is 4.11. The van der Waals surface area contributed by atoms with Crippen LogP contribution >= 0.6 is 12.2 Å². The van der Waals surface area contributed by atoms with Gasteiger partial charge in [-0.1, -0.05) is 0 Å². The fraction of sp³-hybridized carbons (Fsp3) is 0. The summed E-state index contributed by atoms with van der Waals surface area (Å²) in [5.41, 5.74) is 2.34. The van der Waals surface area contributed by atoms with E-state index in [1.165, 1.54) is 0 Å². The number of thiocarbonyl (C=S) groups is 1. The van der Waals surface area contributed by atoms with Crippen molar-refractivity contribution in [2.75, 3.05) is 5.32 Å². The molecule has 6 heteroatoms. The molecule has 0 atom stereocenters. The molecule has 1 aromatic carbocycles. The highest BCUT2D eigenvalue weighted by molar-refractivity contribution is 7.80. The highest BCUT2D eigenvalue weighted by Gasteiger charge is 2.00. The number of benzene rings is 1. The molecule has 13 heavy (non-hydrogen) atoms. The molecule has 0 spiro atoms. The summed E-state index contributed by atoms with van der Waals surface area (Å²) in [6.07, 6.45) is 0. The molecule has 0 heterocycles. The summed E-state index contributed by atoms with van der Waals surface area (Å²) in [6.45, 7) is 0. The topological polar surface area (TPSA) is 50.1 Å². The Morgan fingerprint density at radius 1 is 1.23 bits per heavy atom. The summed E-state index contributed by atoms with van der Waals surface area (Å²) in [6, 6.07) is 2.98. The van der Waals surface area contributed by atoms with Crippen molar-refractivity contribution in [3.05, 3.63) is 29.8 Å². The van der Waals surface area contributed by atoms with Gasteiger partial charge in [0.2, 0.25) is 0 Å². The van der Waals surface area contributed by atoms with Gasteiger partial charge < -0.3 is 10.7 Å². The van der Waals surface area contributed by atoms with Gasteiger partial charge in [-0.3, -0.25) is 0 Å². The van der Waals surface area contributed by atoms with Crippen LogP contribution < -0.4 is 16.6 Å². The van der Waals surface area contributed by atoms with Crippen molar-refractivity contribution in [2.45, 2.75) is 0 Å². The molecule has 1 aromatic rings. The van der Waals surface area contributed by atoms with E-state index in [1.54, 1.807) is 0 Å². The average molecular weight is 203 g/mol. The maximum Gasteiger partial charge on any atom is 0.185 e. The molecule has 0 saturated heterocycles. The molecular formula is C7H7F2N3S. The van der Waals surface area contributed by atoms with Gasteiger partial charge in [-0.05, 0) is 24.4 Å². The van der Waals surface area contributed by atoms with Crippen molar-refractivity contribution in [1.29, 1.82) is 0 Å². The molecule has 70 valence electrons. The molecule has 0 saturated carbocycles. The van der Waals surface area contributed by atoms with Crippen molar-refractivity contribution in [1.82, 2.24) is 5.43 Å². The fourth-order valence-electron chi connectivity index (χ4n) is 0.793. The minimum atomic E-state index is -0.678. The lowest BCUT2D eigenvalue weighted by Gasteiger charge is -2.06. The van der Waals surface area contributed by atoms with Gasteiger partial charge >= 0.3 is 0 Å². The molecule has 3 nitrogen and oxygen atoms in total. The zero-order chi connectivity index (χ0) is 9.84. The highest BCUT2D eigenvalue weighted by Crippen LogP contribution is 2.12. The van der Waals surface area contributed by atoms with Crippen LogP contribution in [0.3, 0.4) is 0 Å². The van der Waals surface area contributed by atoms with Crippen LogP contribution in [-0.2, 0) is 0 Å². The van der Waals surface area contributed by atoms with Gasteiger partial charge in [-0.2, -0.15) is 0 Å². The Labute approximate surface area is 78.9 Å². The van der Waals surface area contributed by atoms with Crippen LogP contribution in [0.5, 0.6) is 0 Å². The Morgan fingerprint density at radius 3 is 2.23 bits per heavy atom. The third-order valence-electron chi connectivity index (χ3n) is 1.25. The second-order valence-electron chi connectivity index (χ2n) is 2.26. The third-order valence-corrected chi connectivity index (χ3v) is 1.47. The number of rotatable bonds is 1. The first-order chi connectivity index (χ1) is 6.11. The van der Waals surface area contributed by atoms with Crippen molar-refractivity contribution in [2.24, 2.45) is 5.84 Å². The number of anilines is 1. The summed E-state index contributed by atoms with van der Waals surface area (Å²) in [4.78, 5) is 0. The van der Waals surface area contributed by atoms with Crippen molar-refractivity contribution in [3.8, 4) is 0 Å². The largest absolute Gasteiger partial charge is 0.332 e. The van der Waals surface area contributed by atoms with E-state index in [-0.39, 0.29) is 10.8 Å². The first kappa shape index (κ1) is 9.82. The Hall–Kier alpha value is -1.27. The molecule has 0 fully saturated rings. The predicted octanol–water partition coefficient (Wildman–Crippen LogP) is 1.12. The fourth-order valence-corrected chi connectivity index (χ4v) is 0.911. The maximum atomic E-state index is 12.6. The number of nitrogens with one attached hydrogen (secondary N) is 2. The van der Waals surface area contributed by atoms with Crippen LogP contribution in [0, 0.1) is 11.6 Å². The summed E-state index contributed by atoms with van der Waals surface area (Å²) >= 11 is 4.63. The molecule has 4 N–H and O–H groups in total. The van der Waals surface area contributed by atoms with Gasteiger partial charge in [0.05, 0.1) is 0 Å². The van der Waals surface area contributed by atoms with E-state index in [0.29, 0.717) is 0 Å². The van der Waals surface area contributed by atoms with Crippen LogP contribution in [0.4, 0.5) is 14.5 Å². The van der Waals surface area contributed by atoms with Crippen molar-refractivity contribution >= 4 is 23.0 Å². The Bertz CT molecular complexity index is 309. The molecule has 0 aliphatic rings. The average Bonchev–Trinajstić information content (AvgIpc) is 2.02. The molecular weight excluding hydrogens is 196 g/mol. The van der Waals surface area contributed by atoms with Crippen LogP contribution in [0.2, 0.25) is 0 Å². The molecule has 0 amide bonds. The lowest BCUT2D eigenvalue weighted by molar-refractivity contribution is 0.584. The molecule has 0 aromatic heterocycles. The third kappa shape index (κ3) is 2.92. The lowest BCUT2D eigenvalue weighted by atomic mass is 10.3. The predicted molar refractivity (Wildman–Crippen MR) is 49.9 cm³/mol. The summed E-state index contributed by atoms with van der Waals surface area (Å²) in [7, 11) is 0. The van der Waals surface area contributed by atoms with Crippen LogP contribution in [-0.4, -0.2) is 5.11 Å². The Kier molecular flexibility index (Phi) is 3.10. The first-order valence-electron chi connectivity index (χ1n) is 3.35. The van der Waals surface area contributed by atoms with Crippen molar-refractivity contribution < 1.29 is 8.78 Å². The minimum Gasteiger partial charge on any atom is -0.332 e. The SMILES string of the molecule is NNC(=S)Nc1cc(F)cc(F)c1. The van der Waals surface area contributed by atoms with Crippen LogP contribution in [0.15, 0.2) is 18.2 Å². The van der Waals surface area contributed by atoms with E-state index in [9.17, 15) is 8.78 Å². The highest BCUT2D eigenvalue weighted by atomic mass is 32.1. The second-order valence-corrected chi connectivity index (χ2v) is 2.66. The van der Waals surface area contributed by atoms with E-state index in [0.717, 1.165) is 18.2 Å². The molecule has 0 unspecified atom stereocenters. The summed E-state index contributed by atoms with van der Waals surface area (Å²) < 4.78 is 25.2. The Morgan fingerprint density at radius 2 is 1.77 bits per heavy atom. The molecule has 0 radical (unpaired) electrons. The normalized spacial score (nSPS) is 9.46. The molecule has 0 aliphatic carbocycles. The van der Waals surface area contributed by atoms with Crippen molar-refractivity contribution in [3.63, 3.8) is 0 Å². The number of hydrogen-bond donors (Lipinski definition) is 3. The number of hydrazine groups is 1. The lowest BCUT2D eigenvalue weighted by Crippen LogP contribution is -2.34. The van der Waals surface area contributed by atoms with Gasteiger partial charge in [-0.15, -0.1) is 0 Å². The molecule has 0 bridgehead atoms. The quantitative estimate of drug-likeness (QED) is 0.364. The standard InChI is InChI=1S/C7H7F2N3S/c8-4-1-5(9)3-6(2-4)11-7(13)12-10/h1-3H,10H2,(H2,11,12,13). The van der Waals surface area contributed by atoms with E-state index in [1.807, 2.05) is 0 Å². The van der Waals surface area contributed by atoms with E-state index >= 15 is 0 Å². The van der Waals surface area contributed by atoms with Crippen LogP contribution in [0.1, 0.15) is 0 Å². The minimum absolute atomic E-state index is 0.0880. The monoisotopic (exact) mass is 203 g/mol.